The van der Waals surface area contributed by atoms with Crippen LogP contribution >= 0.6 is 0 Å². The lowest BCUT2D eigenvalue weighted by atomic mass is 9.80. The van der Waals surface area contributed by atoms with Crippen LogP contribution in [-0.4, -0.2) is 61.9 Å². The van der Waals surface area contributed by atoms with Gasteiger partial charge in [-0.15, -0.1) is 0 Å². The SMILES string of the molecule is CC1CCCN(C(=O)C2CCC(C(=O)NCCCN(C)C)CC2)C1. The Hall–Kier alpha value is -1.10. The molecule has 2 fully saturated rings. The standard InChI is InChI=1S/C19H35N3O2/c1-15-6-4-13-22(14-15)19(24)17-9-7-16(8-10-17)18(23)20-11-5-12-21(2)3/h15-17H,4-14H2,1-3H3,(H,20,23). The molecule has 0 bridgehead atoms. The maximum atomic E-state index is 12.7. The van der Waals surface area contributed by atoms with Gasteiger partial charge in [0.15, 0.2) is 0 Å². The lowest BCUT2D eigenvalue weighted by Crippen LogP contribution is -2.44. The van der Waals surface area contributed by atoms with Crippen LogP contribution in [0.3, 0.4) is 0 Å². The molecule has 1 N–H and O–H groups in total. The van der Waals surface area contributed by atoms with E-state index in [1.54, 1.807) is 0 Å². The Morgan fingerprint density at radius 2 is 1.75 bits per heavy atom. The molecule has 1 heterocycles. The smallest absolute Gasteiger partial charge is 0.225 e. The summed E-state index contributed by atoms with van der Waals surface area (Å²) in [6.45, 7) is 5.83. The summed E-state index contributed by atoms with van der Waals surface area (Å²) in [5.74, 6) is 1.41. The number of nitrogens with zero attached hydrogens (tertiary/aromatic N) is 2. The molecule has 1 saturated heterocycles. The normalized spacial score (nSPS) is 28.0. The minimum Gasteiger partial charge on any atom is -0.356 e. The van der Waals surface area contributed by atoms with Crippen molar-refractivity contribution in [3.8, 4) is 0 Å². The van der Waals surface area contributed by atoms with Gasteiger partial charge in [-0.05, 0) is 71.5 Å². The van der Waals surface area contributed by atoms with Gasteiger partial charge in [0.1, 0.15) is 0 Å². The number of rotatable bonds is 6. The number of likely N-dealkylation sites (tertiary alicyclic amines) is 1. The van der Waals surface area contributed by atoms with E-state index in [1.807, 2.05) is 14.1 Å². The van der Waals surface area contributed by atoms with E-state index in [1.165, 1.54) is 6.42 Å². The van der Waals surface area contributed by atoms with E-state index in [0.717, 1.165) is 64.7 Å². The molecule has 0 radical (unpaired) electrons. The average molecular weight is 338 g/mol. The highest BCUT2D eigenvalue weighted by molar-refractivity contribution is 5.81. The van der Waals surface area contributed by atoms with Crippen molar-refractivity contribution in [1.82, 2.24) is 15.1 Å². The highest BCUT2D eigenvalue weighted by atomic mass is 16.2. The molecule has 1 atom stereocenters. The minimum atomic E-state index is 0.105. The molecule has 1 unspecified atom stereocenters. The van der Waals surface area contributed by atoms with E-state index in [2.05, 4.69) is 22.0 Å². The van der Waals surface area contributed by atoms with Crippen molar-refractivity contribution in [2.45, 2.75) is 51.9 Å². The predicted octanol–water partition coefficient (Wildman–Crippen LogP) is 2.12. The third-order valence-electron chi connectivity index (χ3n) is 5.50. The van der Waals surface area contributed by atoms with Gasteiger partial charge >= 0.3 is 0 Å². The predicted molar refractivity (Wildman–Crippen MR) is 96.6 cm³/mol. The summed E-state index contributed by atoms with van der Waals surface area (Å²) in [6.07, 6.45) is 6.83. The fourth-order valence-electron chi connectivity index (χ4n) is 4.00. The fourth-order valence-corrected chi connectivity index (χ4v) is 4.00. The average Bonchev–Trinajstić information content (AvgIpc) is 2.58. The van der Waals surface area contributed by atoms with Crippen molar-refractivity contribution in [2.24, 2.45) is 17.8 Å². The number of nitrogens with one attached hydrogen (secondary N) is 1. The van der Waals surface area contributed by atoms with Crippen LogP contribution in [0.15, 0.2) is 0 Å². The van der Waals surface area contributed by atoms with E-state index < -0.39 is 0 Å². The number of hydrogen-bond donors (Lipinski definition) is 1. The van der Waals surface area contributed by atoms with Crippen molar-refractivity contribution < 1.29 is 9.59 Å². The summed E-state index contributed by atoms with van der Waals surface area (Å²) in [5, 5.41) is 3.06. The third-order valence-corrected chi connectivity index (χ3v) is 5.50. The van der Waals surface area contributed by atoms with Gasteiger partial charge in [0.25, 0.3) is 0 Å². The van der Waals surface area contributed by atoms with E-state index in [4.69, 9.17) is 0 Å². The Morgan fingerprint density at radius 3 is 2.38 bits per heavy atom. The Kier molecular flexibility index (Phi) is 7.53. The summed E-state index contributed by atoms with van der Waals surface area (Å²) in [6, 6.07) is 0. The molecule has 5 heteroatoms. The van der Waals surface area contributed by atoms with Crippen LogP contribution in [0.2, 0.25) is 0 Å². The number of carbonyl (C=O) groups excluding carboxylic acids is 2. The molecule has 2 amide bonds. The third kappa shape index (κ3) is 5.76. The molecule has 0 aromatic carbocycles. The lowest BCUT2D eigenvalue weighted by Gasteiger charge is -2.35. The Morgan fingerprint density at radius 1 is 1.08 bits per heavy atom. The first-order valence-corrected chi connectivity index (χ1v) is 9.68. The molecule has 1 aliphatic heterocycles. The van der Waals surface area contributed by atoms with Gasteiger partial charge in [-0.2, -0.15) is 0 Å². The van der Waals surface area contributed by atoms with E-state index >= 15 is 0 Å². The van der Waals surface area contributed by atoms with Gasteiger partial charge in [-0.1, -0.05) is 6.92 Å². The Labute approximate surface area is 147 Å². The number of piperidine rings is 1. The van der Waals surface area contributed by atoms with Crippen molar-refractivity contribution >= 4 is 11.8 Å². The second kappa shape index (κ2) is 9.40. The molecule has 0 aromatic rings. The van der Waals surface area contributed by atoms with E-state index in [0.29, 0.717) is 11.8 Å². The van der Waals surface area contributed by atoms with Gasteiger partial charge in [-0.3, -0.25) is 9.59 Å². The molecular formula is C19H35N3O2. The van der Waals surface area contributed by atoms with Gasteiger partial charge in [0.2, 0.25) is 11.8 Å². The van der Waals surface area contributed by atoms with E-state index in [-0.39, 0.29) is 17.7 Å². The summed E-state index contributed by atoms with van der Waals surface area (Å²) in [7, 11) is 4.09. The molecule has 2 aliphatic rings. The summed E-state index contributed by atoms with van der Waals surface area (Å²) in [4.78, 5) is 29.1. The van der Waals surface area contributed by atoms with Gasteiger partial charge in [0.05, 0.1) is 0 Å². The summed E-state index contributed by atoms with van der Waals surface area (Å²) < 4.78 is 0. The number of amides is 2. The van der Waals surface area contributed by atoms with Crippen molar-refractivity contribution in [3.05, 3.63) is 0 Å². The molecule has 2 rings (SSSR count). The van der Waals surface area contributed by atoms with E-state index in [9.17, 15) is 9.59 Å². The lowest BCUT2D eigenvalue weighted by molar-refractivity contribution is -0.140. The molecule has 5 nitrogen and oxygen atoms in total. The molecule has 24 heavy (non-hydrogen) atoms. The first kappa shape index (κ1) is 19.2. The minimum absolute atomic E-state index is 0.105. The van der Waals surface area contributed by atoms with Gasteiger partial charge < -0.3 is 15.1 Å². The molecular weight excluding hydrogens is 302 g/mol. The fraction of sp³-hybridized carbons (Fsp3) is 0.895. The molecule has 0 spiro atoms. The maximum absolute atomic E-state index is 12.7. The first-order chi connectivity index (χ1) is 11.5. The van der Waals surface area contributed by atoms with Crippen molar-refractivity contribution in [2.75, 3.05) is 40.3 Å². The molecule has 1 aliphatic carbocycles. The van der Waals surface area contributed by atoms with Crippen molar-refractivity contribution in [3.63, 3.8) is 0 Å². The largest absolute Gasteiger partial charge is 0.356 e. The summed E-state index contributed by atoms with van der Waals surface area (Å²) in [5.41, 5.74) is 0. The van der Waals surface area contributed by atoms with Crippen LogP contribution < -0.4 is 5.32 Å². The van der Waals surface area contributed by atoms with Crippen LogP contribution in [0.5, 0.6) is 0 Å². The van der Waals surface area contributed by atoms with Crippen LogP contribution in [0.4, 0.5) is 0 Å². The zero-order valence-electron chi connectivity index (χ0n) is 15.7. The quantitative estimate of drug-likeness (QED) is 0.755. The number of carbonyl (C=O) groups is 2. The maximum Gasteiger partial charge on any atom is 0.225 e. The van der Waals surface area contributed by atoms with Crippen LogP contribution in [0.1, 0.15) is 51.9 Å². The zero-order chi connectivity index (χ0) is 17.5. The molecule has 1 saturated carbocycles. The zero-order valence-corrected chi connectivity index (χ0v) is 15.7. The monoisotopic (exact) mass is 337 g/mol. The molecule has 138 valence electrons. The highest BCUT2D eigenvalue weighted by Gasteiger charge is 2.33. The van der Waals surface area contributed by atoms with Gasteiger partial charge in [0, 0.05) is 31.5 Å². The van der Waals surface area contributed by atoms with Crippen LogP contribution in [-0.2, 0) is 9.59 Å². The molecule has 0 aromatic heterocycles. The van der Waals surface area contributed by atoms with Crippen molar-refractivity contribution in [1.29, 1.82) is 0 Å². The topological polar surface area (TPSA) is 52.7 Å². The second-order valence-electron chi connectivity index (χ2n) is 8.03. The summed E-state index contributed by atoms with van der Waals surface area (Å²) >= 11 is 0. The Balaban J connectivity index is 1.68. The highest BCUT2D eigenvalue weighted by Crippen LogP contribution is 2.31. The number of hydrogen-bond acceptors (Lipinski definition) is 3. The first-order valence-electron chi connectivity index (χ1n) is 9.68. The Bertz CT molecular complexity index is 417. The second-order valence-corrected chi connectivity index (χ2v) is 8.03. The van der Waals surface area contributed by atoms with Crippen LogP contribution in [0.25, 0.3) is 0 Å². The van der Waals surface area contributed by atoms with Gasteiger partial charge in [-0.25, -0.2) is 0 Å². The van der Waals surface area contributed by atoms with Crippen LogP contribution in [0, 0.1) is 17.8 Å².